The molecule has 1 rings (SSSR count). The van der Waals surface area contributed by atoms with Crippen LogP contribution in [0.5, 0.6) is 11.5 Å². The Bertz CT molecular complexity index is 421. The lowest BCUT2D eigenvalue weighted by atomic mass is 10.0. The summed E-state index contributed by atoms with van der Waals surface area (Å²) in [5, 5.41) is 0. The third-order valence-corrected chi connectivity index (χ3v) is 3.62. The van der Waals surface area contributed by atoms with Gasteiger partial charge in [-0.3, -0.25) is 4.90 Å². The number of hydrogen-bond donors (Lipinski definition) is 1. The van der Waals surface area contributed by atoms with E-state index in [0.29, 0.717) is 31.3 Å². The van der Waals surface area contributed by atoms with Crippen LogP contribution in [0, 0.1) is 0 Å². The van der Waals surface area contributed by atoms with E-state index in [2.05, 4.69) is 4.90 Å². The van der Waals surface area contributed by atoms with Gasteiger partial charge in [0.25, 0.3) is 0 Å². The van der Waals surface area contributed by atoms with Gasteiger partial charge in [0, 0.05) is 39.9 Å². The van der Waals surface area contributed by atoms with Crippen LogP contribution in [0.15, 0.2) is 18.2 Å². The molecule has 0 saturated carbocycles. The normalized spacial score (nSPS) is 12.5. The first-order chi connectivity index (χ1) is 10.7. The Hall–Kier alpha value is -1.34. The second kappa shape index (κ2) is 10.4. The Morgan fingerprint density at radius 2 is 1.55 bits per heavy atom. The van der Waals surface area contributed by atoms with Crippen molar-refractivity contribution in [3.05, 3.63) is 23.8 Å². The molecule has 0 aliphatic carbocycles. The third-order valence-electron chi connectivity index (χ3n) is 3.62. The molecule has 1 aromatic carbocycles. The van der Waals surface area contributed by atoms with E-state index >= 15 is 0 Å². The van der Waals surface area contributed by atoms with Crippen LogP contribution >= 0.6 is 0 Å². The molecule has 0 radical (unpaired) electrons. The highest BCUT2D eigenvalue weighted by Gasteiger charge is 2.20. The SMILES string of the molecule is COCCN(CCOC)C(CN)c1ccc(OC)c(OC)c1. The summed E-state index contributed by atoms with van der Waals surface area (Å²) in [4.78, 5) is 2.26. The van der Waals surface area contributed by atoms with Gasteiger partial charge in [-0.25, -0.2) is 0 Å². The van der Waals surface area contributed by atoms with Crippen LogP contribution in [0.1, 0.15) is 11.6 Å². The second-order valence-electron chi connectivity index (χ2n) is 4.89. The molecule has 22 heavy (non-hydrogen) atoms. The van der Waals surface area contributed by atoms with E-state index < -0.39 is 0 Å². The average molecular weight is 312 g/mol. The maximum absolute atomic E-state index is 6.02. The van der Waals surface area contributed by atoms with Crippen LogP contribution in [0.2, 0.25) is 0 Å². The Morgan fingerprint density at radius 1 is 0.955 bits per heavy atom. The zero-order chi connectivity index (χ0) is 16.4. The van der Waals surface area contributed by atoms with Crippen molar-refractivity contribution in [2.45, 2.75) is 6.04 Å². The minimum absolute atomic E-state index is 0.0742. The summed E-state index contributed by atoms with van der Waals surface area (Å²) >= 11 is 0. The molecule has 0 aliphatic rings. The standard InChI is InChI=1S/C16H28N2O4/c1-19-9-7-18(8-10-20-2)14(12-17)13-5-6-15(21-3)16(11-13)22-4/h5-6,11,14H,7-10,12,17H2,1-4H3. The Balaban J connectivity index is 2.98. The van der Waals surface area contributed by atoms with Crippen molar-refractivity contribution in [3.63, 3.8) is 0 Å². The van der Waals surface area contributed by atoms with Gasteiger partial charge in [0.1, 0.15) is 0 Å². The van der Waals surface area contributed by atoms with Gasteiger partial charge in [0.2, 0.25) is 0 Å². The van der Waals surface area contributed by atoms with E-state index in [1.807, 2.05) is 18.2 Å². The first-order valence-electron chi connectivity index (χ1n) is 7.35. The second-order valence-corrected chi connectivity index (χ2v) is 4.89. The summed E-state index contributed by atoms with van der Waals surface area (Å²) in [7, 11) is 6.65. The van der Waals surface area contributed by atoms with Crippen LogP contribution in [-0.4, -0.2) is 66.2 Å². The topological polar surface area (TPSA) is 66.2 Å². The predicted molar refractivity (Wildman–Crippen MR) is 86.7 cm³/mol. The maximum atomic E-state index is 6.02. The molecule has 1 unspecified atom stereocenters. The van der Waals surface area contributed by atoms with Gasteiger partial charge in [0.15, 0.2) is 11.5 Å². The number of nitrogens with two attached hydrogens (primary N) is 1. The van der Waals surface area contributed by atoms with Gasteiger partial charge in [-0.05, 0) is 17.7 Å². The molecular formula is C16H28N2O4. The van der Waals surface area contributed by atoms with Crippen LogP contribution in [-0.2, 0) is 9.47 Å². The molecule has 0 heterocycles. The first kappa shape index (κ1) is 18.7. The molecule has 1 atom stereocenters. The van der Waals surface area contributed by atoms with Crippen molar-refractivity contribution in [1.29, 1.82) is 0 Å². The van der Waals surface area contributed by atoms with Crippen LogP contribution in [0.4, 0.5) is 0 Å². The lowest BCUT2D eigenvalue weighted by Crippen LogP contribution is -2.38. The zero-order valence-electron chi connectivity index (χ0n) is 14.0. The quantitative estimate of drug-likeness (QED) is 0.664. The van der Waals surface area contributed by atoms with Crippen molar-refractivity contribution in [2.75, 3.05) is 61.3 Å². The molecule has 6 heteroatoms. The van der Waals surface area contributed by atoms with Crippen molar-refractivity contribution in [2.24, 2.45) is 5.73 Å². The van der Waals surface area contributed by atoms with Gasteiger partial charge in [-0.15, -0.1) is 0 Å². The minimum atomic E-state index is 0.0742. The van der Waals surface area contributed by atoms with Crippen molar-refractivity contribution in [3.8, 4) is 11.5 Å². The predicted octanol–water partition coefficient (Wildman–Crippen LogP) is 1.30. The summed E-state index contributed by atoms with van der Waals surface area (Å²) in [5.41, 5.74) is 7.11. The van der Waals surface area contributed by atoms with Gasteiger partial charge >= 0.3 is 0 Å². The monoisotopic (exact) mass is 312 g/mol. The molecular weight excluding hydrogens is 284 g/mol. The molecule has 126 valence electrons. The number of ether oxygens (including phenoxy) is 4. The summed E-state index contributed by atoms with van der Waals surface area (Å²) in [6, 6.07) is 5.97. The summed E-state index contributed by atoms with van der Waals surface area (Å²) in [6.45, 7) is 3.37. The fourth-order valence-electron chi connectivity index (χ4n) is 2.40. The van der Waals surface area contributed by atoms with Crippen LogP contribution in [0.3, 0.4) is 0 Å². The third kappa shape index (κ3) is 5.14. The van der Waals surface area contributed by atoms with E-state index in [1.165, 1.54) is 0 Å². The van der Waals surface area contributed by atoms with E-state index in [0.717, 1.165) is 18.7 Å². The Kier molecular flexibility index (Phi) is 8.84. The average Bonchev–Trinajstić information content (AvgIpc) is 2.56. The fraction of sp³-hybridized carbons (Fsp3) is 0.625. The Labute approximate surface area is 133 Å². The highest BCUT2D eigenvalue weighted by atomic mass is 16.5. The van der Waals surface area contributed by atoms with E-state index in [-0.39, 0.29) is 6.04 Å². The molecule has 0 bridgehead atoms. The van der Waals surface area contributed by atoms with Crippen molar-refractivity contribution >= 4 is 0 Å². The molecule has 0 aromatic heterocycles. The number of benzene rings is 1. The Morgan fingerprint density at radius 3 is 2.00 bits per heavy atom. The van der Waals surface area contributed by atoms with E-state index in [9.17, 15) is 0 Å². The van der Waals surface area contributed by atoms with Crippen molar-refractivity contribution < 1.29 is 18.9 Å². The first-order valence-corrected chi connectivity index (χ1v) is 7.35. The highest BCUT2D eigenvalue weighted by Crippen LogP contribution is 2.31. The molecule has 0 fully saturated rings. The summed E-state index contributed by atoms with van der Waals surface area (Å²) in [5.74, 6) is 1.42. The summed E-state index contributed by atoms with van der Waals surface area (Å²) in [6.07, 6.45) is 0. The lowest BCUT2D eigenvalue weighted by Gasteiger charge is -2.31. The van der Waals surface area contributed by atoms with Gasteiger partial charge < -0.3 is 24.7 Å². The van der Waals surface area contributed by atoms with E-state index in [4.69, 9.17) is 24.7 Å². The van der Waals surface area contributed by atoms with Crippen molar-refractivity contribution in [1.82, 2.24) is 4.90 Å². The number of rotatable bonds is 11. The van der Waals surface area contributed by atoms with Crippen LogP contribution in [0.25, 0.3) is 0 Å². The van der Waals surface area contributed by atoms with E-state index in [1.54, 1.807) is 28.4 Å². The number of hydrogen-bond acceptors (Lipinski definition) is 6. The van der Waals surface area contributed by atoms with Gasteiger partial charge in [-0.2, -0.15) is 0 Å². The molecule has 0 aliphatic heterocycles. The molecule has 1 aromatic rings. The summed E-state index contributed by atoms with van der Waals surface area (Å²) < 4.78 is 21.1. The maximum Gasteiger partial charge on any atom is 0.161 e. The fourth-order valence-corrected chi connectivity index (χ4v) is 2.40. The molecule has 0 spiro atoms. The van der Waals surface area contributed by atoms with Crippen LogP contribution < -0.4 is 15.2 Å². The molecule has 0 amide bonds. The highest BCUT2D eigenvalue weighted by molar-refractivity contribution is 5.43. The van der Waals surface area contributed by atoms with Gasteiger partial charge in [0.05, 0.1) is 27.4 Å². The number of methoxy groups -OCH3 is 4. The molecule has 2 N–H and O–H groups in total. The largest absolute Gasteiger partial charge is 0.493 e. The van der Waals surface area contributed by atoms with Gasteiger partial charge in [-0.1, -0.05) is 6.07 Å². The lowest BCUT2D eigenvalue weighted by molar-refractivity contribution is 0.0890. The zero-order valence-corrected chi connectivity index (χ0v) is 14.0. The smallest absolute Gasteiger partial charge is 0.161 e. The minimum Gasteiger partial charge on any atom is -0.493 e. The molecule has 0 saturated heterocycles. The number of nitrogens with zero attached hydrogens (tertiary/aromatic N) is 1. The molecule has 6 nitrogen and oxygen atoms in total.